The van der Waals surface area contributed by atoms with E-state index in [4.69, 9.17) is 20.9 Å². The van der Waals surface area contributed by atoms with Gasteiger partial charge in [-0.2, -0.15) is 4.98 Å². The Morgan fingerprint density at radius 2 is 2.30 bits per heavy atom. The van der Waals surface area contributed by atoms with Crippen LogP contribution in [-0.2, 0) is 21.4 Å². The molecule has 0 N–H and O–H groups in total. The van der Waals surface area contributed by atoms with E-state index in [1.807, 2.05) is 24.3 Å². The standard InChI is InChI=1S/C14H13ClN2O3/c1-19-13(18)14(5-6-14)12-16-11(17-20-12)8-9-3-2-4-10(15)7-9/h2-4,7H,5-6,8H2,1H3. The van der Waals surface area contributed by atoms with Gasteiger partial charge in [0.2, 0.25) is 5.89 Å². The van der Waals surface area contributed by atoms with Crippen LogP contribution in [0.5, 0.6) is 0 Å². The highest BCUT2D eigenvalue weighted by molar-refractivity contribution is 6.30. The van der Waals surface area contributed by atoms with E-state index in [0.717, 1.165) is 5.56 Å². The monoisotopic (exact) mass is 292 g/mol. The van der Waals surface area contributed by atoms with Crippen LogP contribution < -0.4 is 0 Å². The second-order valence-electron chi connectivity index (χ2n) is 4.90. The van der Waals surface area contributed by atoms with Gasteiger partial charge >= 0.3 is 5.97 Å². The zero-order valence-corrected chi connectivity index (χ0v) is 11.7. The van der Waals surface area contributed by atoms with Crippen LogP contribution in [0.15, 0.2) is 28.8 Å². The van der Waals surface area contributed by atoms with Crippen molar-refractivity contribution in [2.24, 2.45) is 0 Å². The largest absolute Gasteiger partial charge is 0.468 e. The van der Waals surface area contributed by atoms with Crippen molar-refractivity contribution in [3.05, 3.63) is 46.6 Å². The van der Waals surface area contributed by atoms with Crippen LogP contribution in [0.4, 0.5) is 0 Å². The second kappa shape index (κ2) is 4.90. The minimum Gasteiger partial charge on any atom is -0.468 e. The fraction of sp³-hybridized carbons (Fsp3) is 0.357. The lowest BCUT2D eigenvalue weighted by Gasteiger charge is -2.05. The lowest BCUT2D eigenvalue weighted by Crippen LogP contribution is -2.22. The van der Waals surface area contributed by atoms with E-state index in [9.17, 15) is 4.79 Å². The van der Waals surface area contributed by atoms with Crippen molar-refractivity contribution in [1.29, 1.82) is 0 Å². The van der Waals surface area contributed by atoms with E-state index in [1.165, 1.54) is 7.11 Å². The van der Waals surface area contributed by atoms with Crippen LogP contribution in [-0.4, -0.2) is 23.2 Å². The van der Waals surface area contributed by atoms with Crippen LogP contribution in [0.1, 0.15) is 30.1 Å². The fourth-order valence-electron chi connectivity index (χ4n) is 2.18. The molecule has 3 rings (SSSR count). The number of benzene rings is 1. The summed E-state index contributed by atoms with van der Waals surface area (Å²) < 4.78 is 10.0. The lowest BCUT2D eigenvalue weighted by atomic mass is 10.1. The van der Waals surface area contributed by atoms with Crippen molar-refractivity contribution < 1.29 is 14.1 Å². The number of hydrogen-bond donors (Lipinski definition) is 0. The Balaban J connectivity index is 1.79. The van der Waals surface area contributed by atoms with Crippen molar-refractivity contribution in [2.45, 2.75) is 24.7 Å². The normalized spacial score (nSPS) is 15.9. The molecular weight excluding hydrogens is 280 g/mol. The number of rotatable bonds is 4. The first-order valence-corrected chi connectivity index (χ1v) is 6.68. The molecule has 2 aromatic rings. The Morgan fingerprint density at radius 1 is 1.50 bits per heavy atom. The molecule has 1 aliphatic rings. The quantitative estimate of drug-likeness (QED) is 0.810. The van der Waals surface area contributed by atoms with Gasteiger partial charge in [0.05, 0.1) is 7.11 Å². The van der Waals surface area contributed by atoms with Crippen molar-refractivity contribution in [2.75, 3.05) is 7.11 Å². The van der Waals surface area contributed by atoms with E-state index < -0.39 is 5.41 Å². The highest BCUT2D eigenvalue weighted by atomic mass is 35.5. The third kappa shape index (κ3) is 2.29. The van der Waals surface area contributed by atoms with Gasteiger partial charge in [0.25, 0.3) is 0 Å². The van der Waals surface area contributed by atoms with Crippen LogP contribution >= 0.6 is 11.6 Å². The van der Waals surface area contributed by atoms with Gasteiger partial charge < -0.3 is 9.26 Å². The maximum Gasteiger partial charge on any atom is 0.321 e. The average Bonchev–Trinajstić information content (AvgIpc) is 3.13. The van der Waals surface area contributed by atoms with E-state index in [2.05, 4.69) is 10.1 Å². The molecule has 0 radical (unpaired) electrons. The van der Waals surface area contributed by atoms with Gasteiger partial charge in [-0.15, -0.1) is 0 Å². The Labute approximate surface area is 120 Å². The molecule has 0 spiro atoms. The van der Waals surface area contributed by atoms with Crippen LogP contribution in [0.3, 0.4) is 0 Å². The van der Waals surface area contributed by atoms with E-state index in [0.29, 0.717) is 36.0 Å². The molecule has 1 aromatic carbocycles. The first-order chi connectivity index (χ1) is 9.64. The molecule has 1 heterocycles. The maximum absolute atomic E-state index is 11.7. The Morgan fingerprint density at radius 3 is 2.95 bits per heavy atom. The molecule has 1 aromatic heterocycles. The van der Waals surface area contributed by atoms with Crippen LogP contribution in [0.2, 0.25) is 5.02 Å². The van der Waals surface area contributed by atoms with Gasteiger partial charge in [-0.1, -0.05) is 28.9 Å². The summed E-state index contributed by atoms with van der Waals surface area (Å²) in [6.07, 6.45) is 1.90. The predicted octanol–water partition coefficient (Wildman–Crippen LogP) is 2.52. The third-order valence-corrected chi connectivity index (χ3v) is 3.69. The first-order valence-electron chi connectivity index (χ1n) is 6.30. The van der Waals surface area contributed by atoms with Crippen molar-refractivity contribution in [3.8, 4) is 0 Å². The summed E-state index contributed by atoms with van der Waals surface area (Å²) in [7, 11) is 1.37. The van der Waals surface area contributed by atoms with Crippen molar-refractivity contribution >= 4 is 17.6 Å². The lowest BCUT2D eigenvalue weighted by molar-refractivity contribution is -0.144. The summed E-state index contributed by atoms with van der Waals surface area (Å²) in [5.41, 5.74) is 0.279. The number of nitrogens with zero attached hydrogens (tertiary/aromatic N) is 2. The first kappa shape index (κ1) is 13.1. The molecule has 0 saturated heterocycles. The maximum atomic E-state index is 11.7. The van der Waals surface area contributed by atoms with E-state index >= 15 is 0 Å². The summed E-state index contributed by atoms with van der Waals surface area (Å²) in [5.74, 6) is 0.578. The van der Waals surface area contributed by atoms with Gasteiger partial charge in [0, 0.05) is 11.4 Å². The predicted molar refractivity (Wildman–Crippen MR) is 71.5 cm³/mol. The number of ether oxygens (including phenoxy) is 1. The third-order valence-electron chi connectivity index (χ3n) is 3.45. The SMILES string of the molecule is COC(=O)C1(c2nc(Cc3cccc(Cl)c3)no2)CC1. The molecule has 20 heavy (non-hydrogen) atoms. The molecule has 6 heteroatoms. The topological polar surface area (TPSA) is 65.2 Å². The van der Waals surface area contributed by atoms with Gasteiger partial charge in [-0.05, 0) is 30.5 Å². The van der Waals surface area contributed by atoms with Gasteiger partial charge in [0.1, 0.15) is 5.41 Å². The molecule has 0 unspecified atom stereocenters. The van der Waals surface area contributed by atoms with Gasteiger partial charge in [-0.3, -0.25) is 4.79 Å². The summed E-state index contributed by atoms with van der Waals surface area (Å²) in [5, 5.41) is 4.59. The molecule has 0 amide bonds. The smallest absolute Gasteiger partial charge is 0.321 e. The number of methoxy groups -OCH3 is 1. The van der Waals surface area contributed by atoms with Crippen LogP contribution in [0, 0.1) is 0 Å². The summed E-state index contributed by atoms with van der Waals surface area (Å²) >= 11 is 5.93. The Hall–Kier alpha value is -1.88. The minimum atomic E-state index is -0.714. The Bertz CT molecular complexity index is 649. The number of halogens is 1. The van der Waals surface area contributed by atoms with Gasteiger partial charge in [0.15, 0.2) is 5.82 Å². The zero-order valence-electron chi connectivity index (χ0n) is 10.9. The molecule has 1 saturated carbocycles. The number of aromatic nitrogens is 2. The number of esters is 1. The molecule has 1 fully saturated rings. The van der Waals surface area contributed by atoms with Crippen LogP contribution in [0.25, 0.3) is 0 Å². The summed E-state index contributed by atoms with van der Waals surface area (Å²) in [6, 6.07) is 7.47. The molecule has 5 nitrogen and oxygen atoms in total. The summed E-state index contributed by atoms with van der Waals surface area (Å²) in [4.78, 5) is 16.1. The second-order valence-corrected chi connectivity index (χ2v) is 5.33. The zero-order chi connectivity index (χ0) is 14.2. The minimum absolute atomic E-state index is 0.310. The average molecular weight is 293 g/mol. The fourth-order valence-corrected chi connectivity index (χ4v) is 2.39. The van der Waals surface area contributed by atoms with E-state index in [1.54, 1.807) is 0 Å². The molecule has 0 bridgehead atoms. The van der Waals surface area contributed by atoms with Crippen molar-refractivity contribution in [3.63, 3.8) is 0 Å². The highest BCUT2D eigenvalue weighted by Gasteiger charge is 2.57. The number of carbonyl (C=O) groups is 1. The molecular formula is C14H13ClN2O3. The molecule has 1 aliphatic carbocycles. The highest BCUT2D eigenvalue weighted by Crippen LogP contribution is 2.48. The molecule has 0 atom stereocenters. The molecule has 104 valence electrons. The van der Waals surface area contributed by atoms with Crippen molar-refractivity contribution in [1.82, 2.24) is 10.1 Å². The number of carbonyl (C=O) groups excluding carboxylic acids is 1. The Kier molecular flexibility index (Phi) is 3.22. The van der Waals surface area contributed by atoms with E-state index in [-0.39, 0.29) is 5.97 Å². The summed E-state index contributed by atoms with van der Waals surface area (Å²) in [6.45, 7) is 0. The number of hydrogen-bond acceptors (Lipinski definition) is 5. The molecule has 0 aliphatic heterocycles. The van der Waals surface area contributed by atoms with Gasteiger partial charge in [-0.25, -0.2) is 0 Å².